The van der Waals surface area contributed by atoms with Crippen molar-refractivity contribution in [1.82, 2.24) is 14.1 Å². The molecule has 0 aromatic carbocycles. The molecule has 0 atom stereocenters. The Hall–Kier alpha value is -1.49. The maximum absolute atomic E-state index is 12.4. The third kappa shape index (κ3) is 2.42. The maximum Gasteiger partial charge on any atom is 0.175 e. The predicted molar refractivity (Wildman–Crippen MR) is 80.4 cm³/mol. The van der Waals surface area contributed by atoms with E-state index in [1.165, 1.54) is 30.3 Å². The van der Waals surface area contributed by atoms with Crippen LogP contribution in [0.4, 0.5) is 0 Å². The molecule has 0 saturated heterocycles. The van der Waals surface area contributed by atoms with E-state index in [0.29, 0.717) is 11.8 Å². The SMILES string of the molecule is Cc1cc(C(=O)CSc2nccn2C)c(C)n1C1CC1. The van der Waals surface area contributed by atoms with E-state index in [1.54, 1.807) is 6.20 Å². The van der Waals surface area contributed by atoms with Gasteiger partial charge in [-0.25, -0.2) is 4.98 Å². The van der Waals surface area contributed by atoms with Crippen molar-refractivity contribution in [3.05, 3.63) is 35.4 Å². The van der Waals surface area contributed by atoms with Gasteiger partial charge in [-0.15, -0.1) is 0 Å². The minimum Gasteiger partial charge on any atom is -0.345 e. The van der Waals surface area contributed by atoms with Gasteiger partial charge in [0.1, 0.15) is 0 Å². The van der Waals surface area contributed by atoms with Gasteiger partial charge in [-0.3, -0.25) is 4.79 Å². The normalized spacial score (nSPS) is 14.8. The van der Waals surface area contributed by atoms with Crippen molar-refractivity contribution in [2.24, 2.45) is 7.05 Å². The summed E-state index contributed by atoms with van der Waals surface area (Å²) in [7, 11) is 1.94. The molecule has 1 aliphatic carbocycles. The molecule has 0 radical (unpaired) electrons. The van der Waals surface area contributed by atoms with Crippen molar-refractivity contribution in [1.29, 1.82) is 0 Å². The highest BCUT2D eigenvalue weighted by Gasteiger charge is 2.28. The van der Waals surface area contributed by atoms with Crippen molar-refractivity contribution in [3.63, 3.8) is 0 Å². The second-order valence-corrected chi connectivity index (χ2v) is 6.36. The highest BCUT2D eigenvalue weighted by atomic mass is 32.2. The standard InChI is InChI=1S/C15H19N3OS/c1-10-8-13(11(2)18(10)12-4-5-12)14(19)9-20-15-16-6-7-17(15)3/h6-8,12H,4-5,9H2,1-3H3. The van der Waals surface area contributed by atoms with Gasteiger partial charge in [0.15, 0.2) is 10.9 Å². The first-order valence-electron chi connectivity index (χ1n) is 6.89. The highest BCUT2D eigenvalue weighted by molar-refractivity contribution is 7.99. The fraction of sp³-hybridized carbons (Fsp3) is 0.467. The number of rotatable bonds is 5. The van der Waals surface area contributed by atoms with E-state index in [1.807, 2.05) is 23.9 Å². The van der Waals surface area contributed by atoms with E-state index in [9.17, 15) is 4.79 Å². The molecular formula is C15H19N3OS. The molecule has 0 spiro atoms. The molecule has 106 valence electrons. The summed E-state index contributed by atoms with van der Waals surface area (Å²) in [6, 6.07) is 2.66. The molecule has 20 heavy (non-hydrogen) atoms. The van der Waals surface area contributed by atoms with Gasteiger partial charge in [0, 0.05) is 42.4 Å². The Morgan fingerprint density at radius 2 is 2.20 bits per heavy atom. The Morgan fingerprint density at radius 3 is 2.80 bits per heavy atom. The molecule has 1 fully saturated rings. The van der Waals surface area contributed by atoms with Crippen LogP contribution in [-0.4, -0.2) is 25.7 Å². The summed E-state index contributed by atoms with van der Waals surface area (Å²) >= 11 is 1.50. The van der Waals surface area contributed by atoms with Crippen LogP contribution in [0.15, 0.2) is 23.6 Å². The first-order valence-corrected chi connectivity index (χ1v) is 7.88. The third-order valence-electron chi connectivity index (χ3n) is 3.81. The molecule has 0 N–H and O–H groups in total. The van der Waals surface area contributed by atoms with Gasteiger partial charge in [-0.1, -0.05) is 11.8 Å². The fourth-order valence-corrected chi connectivity index (χ4v) is 3.47. The third-order valence-corrected chi connectivity index (χ3v) is 4.86. The maximum atomic E-state index is 12.4. The zero-order chi connectivity index (χ0) is 14.3. The van der Waals surface area contributed by atoms with Crippen molar-refractivity contribution in [3.8, 4) is 0 Å². The Bertz CT molecular complexity index is 652. The van der Waals surface area contributed by atoms with Crippen molar-refractivity contribution >= 4 is 17.5 Å². The van der Waals surface area contributed by atoms with E-state index >= 15 is 0 Å². The van der Waals surface area contributed by atoms with Gasteiger partial charge >= 0.3 is 0 Å². The van der Waals surface area contributed by atoms with Gasteiger partial charge < -0.3 is 9.13 Å². The monoisotopic (exact) mass is 289 g/mol. The van der Waals surface area contributed by atoms with Crippen molar-refractivity contribution in [2.45, 2.75) is 37.9 Å². The summed E-state index contributed by atoms with van der Waals surface area (Å²) in [5.74, 6) is 0.637. The van der Waals surface area contributed by atoms with Crippen molar-refractivity contribution < 1.29 is 4.79 Å². The zero-order valence-corrected chi connectivity index (χ0v) is 12.9. The number of nitrogens with zero attached hydrogens (tertiary/aromatic N) is 3. The Balaban J connectivity index is 1.74. The van der Waals surface area contributed by atoms with E-state index in [4.69, 9.17) is 0 Å². The van der Waals surface area contributed by atoms with Gasteiger partial charge in [0.05, 0.1) is 5.75 Å². The number of carbonyl (C=O) groups excluding carboxylic acids is 1. The van der Waals surface area contributed by atoms with Gasteiger partial charge in [-0.2, -0.15) is 0 Å². The molecule has 0 bridgehead atoms. The largest absolute Gasteiger partial charge is 0.345 e. The molecule has 0 unspecified atom stereocenters. The van der Waals surface area contributed by atoms with Crippen LogP contribution in [0.3, 0.4) is 0 Å². The number of hydrogen-bond donors (Lipinski definition) is 0. The summed E-state index contributed by atoms with van der Waals surface area (Å²) in [5, 5.41) is 0.884. The van der Waals surface area contributed by atoms with Gasteiger partial charge in [-0.05, 0) is 32.8 Å². The van der Waals surface area contributed by atoms with Crippen LogP contribution in [0.5, 0.6) is 0 Å². The van der Waals surface area contributed by atoms with E-state index in [0.717, 1.165) is 16.4 Å². The smallest absolute Gasteiger partial charge is 0.175 e. The summed E-state index contributed by atoms with van der Waals surface area (Å²) in [6.45, 7) is 4.15. The second-order valence-electron chi connectivity index (χ2n) is 5.42. The van der Waals surface area contributed by atoms with Crippen LogP contribution < -0.4 is 0 Å². The first-order chi connectivity index (χ1) is 9.58. The van der Waals surface area contributed by atoms with Crippen LogP contribution in [0, 0.1) is 13.8 Å². The van der Waals surface area contributed by atoms with E-state index in [2.05, 4.69) is 23.4 Å². The first kappa shape index (κ1) is 13.5. The Kier molecular flexibility index (Phi) is 3.46. The van der Waals surface area contributed by atoms with Crippen molar-refractivity contribution in [2.75, 3.05) is 5.75 Å². The van der Waals surface area contributed by atoms with E-state index in [-0.39, 0.29) is 5.78 Å². The van der Waals surface area contributed by atoms with Crippen LogP contribution in [0.25, 0.3) is 0 Å². The second kappa shape index (κ2) is 5.13. The summed E-state index contributed by atoms with van der Waals surface area (Å²) < 4.78 is 4.25. The number of ketones is 1. The lowest BCUT2D eigenvalue weighted by atomic mass is 10.2. The predicted octanol–water partition coefficient (Wildman–Crippen LogP) is 3.15. The lowest BCUT2D eigenvalue weighted by Gasteiger charge is -2.07. The summed E-state index contributed by atoms with van der Waals surface area (Å²) in [5.41, 5.74) is 3.20. The lowest BCUT2D eigenvalue weighted by molar-refractivity contribution is 0.102. The number of carbonyl (C=O) groups is 1. The lowest BCUT2D eigenvalue weighted by Crippen LogP contribution is -2.06. The number of aromatic nitrogens is 3. The number of Topliss-reactive ketones (excluding diaryl/α,β-unsaturated/α-hetero) is 1. The molecule has 3 rings (SSSR count). The number of imidazole rings is 1. The average Bonchev–Trinajstić information content (AvgIpc) is 3.08. The molecule has 2 aromatic rings. The molecule has 2 aromatic heterocycles. The summed E-state index contributed by atoms with van der Waals surface area (Å²) in [6.07, 6.45) is 6.13. The summed E-state index contributed by atoms with van der Waals surface area (Å²) in [4.78, 5) is 16.6. The molecule has 5 heteroatoms. The number of thioether (sulfide) groups is 1. The molecule has 0 amide bonds. The zero-order valence-electron chi connectivity index (χ0n) is 12.1. The number of aryl methyl sites for hydroxylation is 2. The Morgan fingerprint density at radius 1 is 1.45 bits per heavy atom. The highest BCUT2D eigenvalue weighted by Crippen LogP contribution is 2.38. The van der Waals surface area contributed by atoms with Crippen LogP contribution >= 0.6 is 11.8 Å². The molecule has 1 aliphatic rings. The fourth-order valence-electron chi connectivity index (χ4n) is 2.65. The van der Waals surface area contributed by atoms with E-state index < -0.39 is 0 Å². The molecule has 0 aliphatic heterocycles. The molecule has 1 saturated carbocycles. The molecule has 2 heterocycles. The quantitative estimate of drug-likeness (QED) is 0.627. The molecular weight excluding hydrogens is 270 g/mol. The van der Waals surface area contributed by atoms with Crippen LogP contribution in [-0.2, 0) is 7.05 Å². The molecule has 4 nitrogen and oxygen atoms in total. The Labute approximate surface area is 123 Å². The van der Waals surface area contributed by atoms with Gasteiger partial charge in [0.25, 0.3) is 0 Å². The van der Waals surface area contributed by atoms with Crippen LogP contribution in [0.1, 0.15) is 40.6 Å². The average molecular weight is 289 g/mol. The topological polar surface area (TPSA) is 39.8 Å². The minimum atomic E-state index is 0.193. The number of hydrogen-bond acceptors (Lipinski definition) is 3. The van der Waals surface area contributed by atoms with Gasteiger partial charge in [0.2, 0.25) is 0 Å². The minimum absolute atomic E-state index is 0.193. The van der Waals surface area contributed by atoms with Crippen LogP contribution in [0.2, 0.25) is 0 Å².